The number of carbonyl (C=O) groups excluding carboxylic acids is 1. The Bertz CT molecular complexity index is 605. The number of aryl methyl sites for hydroxylation is 1. The predicted molar refractivity (Wildman–Crippen MR) is 90.6 cm³/mol. The molecule has 0 fully saturated rings. The van der Waals surface area contributed by atoms with Crippen molar-refractivity contribution in [1.29, 1.82) is 0 Å². The highest BCUT2D eigenvalue weighted by Crippen LogP contribution is 2.17. The summed E-state index contributed by atoms with van der Waals surface area (Å²) in [4.78, 5) is 12.2. The number of unbranched alkanes of at least 4 members (excludes halogenated alkanes) is 2. The predicted octanol–water partition coefficient (Wildman–Crippen LogP) is 4.82. The minimum Gasteiger partial charge on any atom is -0.494 e. The van der Waals surface area contributed by atoms with E-state index in [1.54, 1.807) is 12.1 Å². The van der Waals surface area contributed by atoms with Gasteiger partial charge < -0.3 is 10.1 Å². The number of para-hydroxylation sites is 1. The first-order chi connectivity index (χ1) is 10.7. The molecule has 0 unspecified atom stereocenters. The third-order valence-electron chi connectivity index (χ3n) is 3.53. The molecule has 3 nitrogen and oxygen atoms in total. The molecule has 3 heteroatoms. The molecule has 2 aromatic rings. The number of anilines is 1. The fourth-order valence-electron chi connectivity index (χ4n) is 2.15. The van der Waals surface area contributed by atoms with Gasteiger partial charge in [0.1, 0.15) is 5.75 Å². The van der Waals surface area contributed by atoms with Crippen molar-refractivity contribution >= 4 is 11.6 Å². The lowest BCUT2D eigenvalue weighted by Crippen LogP contribution is -2.12. The number of amides is 1. The summed E-state index contributed by atoms with van der Waals surface area (Å²) in [6.07, 6.45) is 3.42. The van der Waals surface area contributed by atoms with Crippen molar-refractivity contribution in [2.75, 3.05) is 11.9 Å². The van der Waals surface area contributed by atoms with Crippen LogP contribution in [-0.4, -0.2) is 12.5 Å². The van der Waals surface area contributed by atoms with Crippen molar-refractivity contribution in [2.45, 2.75) is 33.1 Å². The zero-order valence-corrected chi connectivity index (χ0v) is 13.3. The molecular formula is C19H23NO2. The summed E-state index contributed by atoms with van der Waals surface area (Å²) >= 11 is 0. The number of ether oxygens (including phenoxy) is 1. The molecule has 0 aromatic heterocycles. The minimum atomic E-state index is -0.105. The average Bonchev–Trinajstić information content (AvgIpc) is 2.54. The van der Waals surface area contributed by atoms with Crippen LogP contribution >= 0.6 is 0 Å². The summed E-state index contributed by atoms with van der Waals surface area (Å²) in [5.41, 5.74) is 2.52. The van der Waals surface area contributed by atoms with Gasteiger partial charge in [0.25, 0.3) is 5.91 Å². The second-order valence-corrected chi connectivity index (χ2v) is 5.35. The van der Waals surface area contributed by atoms with Gasteiger partial charge in [-0.2, -0.15) is 0 Å². The van der Waals surface area contributed by atoms with E-state index in [2.05, 4.69) is 12.2 Å². The summed E-state index contributed by atoms with van der Waals surface area (Å²) in [6.45, 7) is 4.87. The summed E-state index contributed by atoms with van der Waals surface area (Å²) < 4.78 is 5.65. The highest BCUT2D eigenvalue weighted by Gasteiger charge is 2.07. The van der Waals surface area contributed by atoms with Crippen LogP contribution in [0, 0.1) is 6.92 Å². The van der Waals surface area contributed by atoms with Crippen LogP contribution in [0.25, 0.3) is 0 Å². The molecule has 1 amide bonds. The topological polar surface area (TPSA) is 38.3 Å². The molecule has 1 N–H and O–H groups in total. The van der Waals surface area contributed by atoms with Gasteiger partial charge in [-0.3, -0.25) is 4.79 Å². The summed E-state index contributed by atoms with van der Waals surface area (Å²) in [5, 5.41) is 2.93. The van der Waals surface area contributed by atoms with Gasteiger partial charge in [-0.25, -0.2) is 0 Å². The van der Waals surface area contributed by atoms with Gasteiger partial charge >= 0.3 is 0 Å². The lowest BCUT2D eigenvalue weighted by atomic mass is 10.1. The van der Waals surface area contributed by atoms with Gasteiger partial charge in [0.15, 0.2) is 0 Å². The van der Waals surface area contributed by atoms with Gasteiger partial charge in [-0.15, -0.1) is 0 Å². The average molecular weight is 297 g/mol. The smallest absolute Gasteiger partial charge is 0.255 e. The third-order valence-corrected chi connectivity index (χ3v) is 3.53. The molecule has 0 saturated heterocycles. The molecule has 22 heavy (non-hydrogen) atoms. The number of hydrogen-bond donors (Lipinski definition) is 1. The standard InChI is InChI=1S/C19H23NO2/c1-3-4-7-14-22-17-12-10-16(11-13-17)19(21)20-18-9-6-5-8-15(18)2/h5-6,8-13H,3-4,7,14H2,1-2H3,(H,20,21). The van der Waals surface area contributed by atoms with E-state index in [9.17, 15) is 4.79 Å². The fraction of sp³-hybridized carbons (Fsp3) is 0.316. The van der Waals surface area contributed by atoms with Gasteiger partial charge in [0, 0.05) is 11.3 Å². The maximum atomic E-state index is 12.2. The van der Waals surface area contributed by atoms with Gasteiger partial charge in [0.2, 0.25) is 0 Å². The number of benzene rings is 2. The molecular weight excluding hydrogens is 274 g/mol. The lowest BCUT2D eigenvalue weighted by Gasteiger charge is -2.09. The Morgan fingerprint density at radius 3 is 2.45 bits per heavy atom. The zero-order chi connectivity index (χ0) is 15.8. The highest BCUT2D eigenvalue weighted by molar-refractivity contribution is 6.04. The van der Waals surface area contributed by atoms with Crippen molar-refractivity contribution in [2.24, 2.45) is 0 Å². The first-order valence-corrected chi connectivity index (χ1v) is 7.80. The van der Waals surface area contributed by atoms with Crippen LogP contribution in [0.5, 0.6) is 5.75 Å². The fourth-order valence-corrected chi connectivity index (χ4v) is 2.15. The molecule has 0 aliphatic carbocycles. The van der Waals surface area contributed by atoms with Crippen LogP contribution in [0.1, 0.15) is 42.1 Å². The zero-order valence-electron chi connectivity index (χ0n) is 13.3. The van der Waals surface area contributed by atoms with Crippen LogP contribution in [-0.2, 0) is 0 Å². The minimum absolute atomic E-state index is 0.105. The van der Waals surface area contributed by atoms with Crippen LogP contribution in [0.2, 0.25) is 0 Å². The quantitative estimate of drug-likeness (QED) is 0.744. The first kappa shape index (κ1) is 16.1. The largest absolute Gasteiger partial charge is 0.494 e. The Morgan fingerprint density at radius 2 is 1.77 bits per heavy atom. The second kappa shape index (κ2) is 8.23. The molecule has 0 heterocycles. The van der Waals surface area contributed by atoms with Crippen molar-refractivity contribution in [3.8, 4) is 5.75 Å². The second-order valence-electron chi connectivity index (χ2n) is 5.35. The van der Waals surface area contributed by atoms with Gasteiger partial charge in [-0.1, -0.05) is 38.0 Å². The van der Waals surface area contributed by atoms with E-state index < -0.39 is 0 Å². The molecule has 2 rings (SSSR count). The maximum Gasteiger partial charge on any atom is 0.255 e. The molecule has 0 saturated carbocycles. The Morgan fingerprint density at radius 1 is 1.05 bits per heavy atom. The summed E-state index contributed by atoms with van der Waals surface area (Å²) in [7, 11) is 0. The molecule has 0 spiro atoms. The molecule has 0 atom stereocenters. The van der Waals surface area contributed by atoms with Gasteiger partial charge in [-0.05, 0) is 49.2 Å². The van der Waals surface area contributed by atoms with Crippen LogP contribution in [0.4, 0.5) is 5.69 Å². The summed E-state index contributed by atoms with van der Waals surface area (Å²) in [6, 6.07) is 15.0. The van der Waals surface area contributed by atoms with E-state index in [1.807, 2.05) is 43.3 Å². The normalized spacial score (nSPS) is 10.3. The molecule has 116 valence electrons. The Labute approximate surface area is 132 Å². The number of rotatable bonds is 7. The van der Waals surface area contributed by atoms with E-state index in [0.717, 1.165) is 30.0 Å². The number of carbonyl (C=O) groups is 1. The van der Waals surface area contributed by atoms with E-state index in [-0.39, 0.29) is 5.91 Å². The SMILES string of the molecule is CCCCCOc1ccc(C(=O)Nc2ccccc2C)cc1. The van der Waals surface area contributed by atoms with Crippen molar-refractivity contribution in [1.82, 2.24) is 0 Å². The molecule has 2 aromatic carbocycles. The van der Waals surface area contributed by atoms with E-state index in [1.165, 1.54) is 12.8 Å². The molecule has 0 aliphatic rings. The van der Waals surface area contributed by atoms with Gasteiger partial charge in [0.05, 0.1) is 6.61 Å². The Kier molecular flexibility index (Phi) is 6.01. The van der Waals surface area contributed by atoms with E-state index >= 15 is 0 Å². The molecule has 0 radical (unpaired) electrons. The van der Waals surface area contributed by atoms with Crippen LogP contribution < -0.4 is 10.1 Å². The Balaban J connectivity index is 1.92. The highest BCUT2D eigenvalue weighted by atomic mass is 16.5. The van der Waals surface area contributed by atoms with Crippen molar-refractivity contribution in [3.05, 3.63) is 59.7 Å². The monoisotopic (exact) mass is 297 g/mol. The maximum absolute atomic E-state index is 12.2. The first-order valence-electron chi connectivity index (χ1n) is 7.80. The number of nitrogens with one attached hydrogen (secondary N) is 1. The molecule has 0 bridgehead atoms. The third kappa shape index (κ3) is 4.62. The Hall–Kier alpha value is -2.29. The summed E-state index contributed by atoms with van der Waals surface area (Å²) in [5.74, 6) is 0.704. The van der Waals surface area contributed by atoms with Crippen molar-refractivity contribution in [3.63, 3.8) is 0 Å². The van der Waals surface area contributed by atoms with Crippen molar-refractivity contribution < 1.29 is 9.53 Å². The van der Waals surface area contributed by atoms with Crippen LogP contribution in [0.3, 0.4) is 0 Å². The van der Waals surface area contributed by atoms with E-state index in [0.29, 0.717) is 5.56 Å². The van der Waals surface area contributed by atoms with E-state index in [4.69, 9.17) is 4.74 Å². The number of hydrogen-bond acceptors (Lipinski definition) is 2. The van der Waals surface area contributed by atoms with Crippen LogP contribution in [0.15, 0.2) is 48.5 Å². The molecule has 0 aliphatic heterocycles. The lowest BCUT2D eigenvalue weighted by molar-refractivity contribution is 0.102.